The number of esters is 2. The Morgan fingerprint density at radius 3 is 1.39 bits per heavy atom. The number of Topliss-reactive ketones (excluding diaryl/α,β-unsaturated/α-hetero) is 2. The van der Waals surface area contributed by atoms with Crippen LogP contribution in [0.2, 0.25) is 0 Å². The highest BCUT2D eigenvalue weighted by Gasteiger charge is 2.44. The maximum absolute atomic E-state index is 13.8. The summed E-state index contributed by atoms with van der Waals surface area (Å²) in [5.74, 6) is -9.63. The van der Waals surface area contributed by atoms with Crippen LogP contribution in [0.15, 0.2) is 92.9 Å². The van der Waals surface area contributed by atoms with Gasteiger partial charge in [-0.05, 0) is 35.0 Å². The van der Waals surface area contributed by atoms with Gasteiger partial charge in [-0.15, -0.1) is 0 Å². The van der Waals surface area contributed by atoms with E-state index in [-0.39, 0.29) is 11.1 Å². The molecule has 224 valence electrons. The maximum Gasteiger partial charge on any atom is 0.306 e. The fraction of sp³-hybridized carbons (Fsp3) is 0.188. The van der Waals surface area contributed by atoms with Crippen molar-refractivity contribution in [3.05, 3.63) is 115 Å². The van der Waals surface area contributed by atoms with Crippen LogP contribution < -0.4 is 11.1 Å². The highest BCUT2D eigenvalue weighted by Crippen LogP contribution is 2.40. The molecule has 44 heavy (non-hydrogen) atoms. The topological polar surface area (TPSA) is 193 Å². The lowest BCUT2D eigenvalue weighted by Gasteiger charge is -2.27. The number of methoxy groups -OCH3 is 2. The third-order valence-corrected chi connectivity index (χ3v) is 7.64. The molecule has 0 radical (unpaired) electrons. The summed E-state index contributed by atoms with van der Waals surface area (Å²) in [4.78, 5) is 84.1. The lowest BCUT2D eigenvalue weighted by Crippen LogP contribution is -2.34. The van der Waals surface area contributed by atoms with Crippen molar-refractivity contribution in [1.29, 1.82) is 0 Å². The van der Waals surface area contributed by atoms with Crippen LogP contribution in [0.3, 0.4) is 0 Å². The van der Waals surface area contributed by atoms with Crippen molar-refractivity contribution in [3.8, 4) is 0 Å². The molecule has 0 aliphatic heterocycles. The monoisotopic (exact) mass is 598 g/mol. The number of carbonyl (C=O) groups excluding carboxylic acids is 4. The van der Waals surface area contributed by atoms with Crippen LogP contribution in [0.5, 0.6) is 0 Å². The first-order chi connectivity index (χ1) is 21.0. The van der Waals surface area contributed by atoms with E-state index in [4.69, 9.17) is 9.47 Å². The molecule has 2 heterocycles. The zero-order valence-corrected chi connectivity index (χ0v) is 23.5. The zero-order chi connectivity index (χ0) is 31.7. The standard InChI is InChI=1S/C32H26N2O10/c1-43-23(35)13-17(19-11-15-7-3-5-9-21(15)33-31(19)41)25-27(37)29(39)26(30(40)28(25)38)18(14-24(36)44-2)20-12-16-8-4-6-10-22(16)34-32(20)42/h3-12,17-18,37,40H,13-14H2,1-2H3,(H,33,41)(H,34,42)/t17-,18+. The third-order valence-electron chi connectivity index (χ3n) is 7.64. The fourth-order valence-corrected chi connectivity index (χ4v) is 5.44. The number of aromatic amines is 2. The van der Waals surface area contributed by atoms with Gasteiger partial charge in [0.2, 0.25) is 11.6 Å². The minimum atomic E-state index is -1.51. The van der Waals surface area contributed by atoms with E-state index in [1.54, 1.807) is 48.5 Å². The Hall–Kier alpha value is -5.78. The lowest BCUT2D eigenvalue weighted by atomic mass is 9.76. The van der Waals surface area contributed by atoms with Gasteiger partial charge < -0.3 is 29.7 Å². The number of benzene rings is 2. The molecular formula is C32H26N2O10. The van der Waals surface area contributed by atoms with Gasteiger partial charge in [-0.1, -0.05) is 36.4 Å². The molecule has 0 amide bonds. The van der Waals surface area contributed by atoms with Crippen LogP contribution in [0.1, 0.15) is 35.8 Å². The van der Waals surface area contributed by atoms with Crippen LogP contribution in [-0.4, -0.2) is 57.9 Å². The molecule has 0 saturated carbocycles. The van der Waals surface area contributed by atoms with Gasteiger partial charge in [-0.3, -0.25) is 28.8 Å². The average Bonchev–Trinajstić information content (AvgIpc) is 3.02. The van der Waals surface area contributed by atoms with Gasteiger partial charge in [0.25, 0.3) is 11.1 Å². The molecular weight excluding hydrogens is 572 g/mol. The molecule has 2 aromatic carbocycles. The average molecular weight is 599 g/mol. The van der Waals surface area contributed by atoms with Crippen LogP contribution >= 0.6 is 0 Å². The molecule has 2 atom stereocenters. The van der Waals surface area contributed by atoms with Crippen LogP contribution in [-0.2, 0) is 28.7 Å². The van der Waals surface area contributed by atoms with E-state index < -0.39 is 82.0 Å². The number of hydrogen-bond donors (Lipinski definition) is 4. The fourth-order valence-electron chi connectivity index (χ4n) is 5.44. The van der Waals surface area contributed by atoms with Crippen molar-refractivity contribution in [3.63, 3.8) is 0 Å². The predicted molar refractivity (Wildman–Crippen MR) is 157 cm³/mol. The number of para-hydroxylation sites is 2. The van der Waals surface area contributed by atoms with Crippen molar-refractivity contribution < 1.29 is 38.9 Å². The number of hydrogen-bond acceptors (Lipinski definition) is 10. The van der Waals surface area contributed by atoms with Gasteiger partial charge in [0.05, 0.1) is 38.2 Å². The Kier molecular flexibility index (Phi) is 7.99. The number of pyridine rings is 2. The summed E-state index contributed by atoms with van der Waals surface area (Å²) in [6.07, 6.45) is -1.29. The first-order valence-electron chi connectivity index (χ1n) is 13.4. The molecule has 12 heteroatoms. The molecule has 4 N–H and O–H groups in total. The van der Waals surface area contributed by atoms with E-state index in [0.717, 1.165) is 14.2 Å². The Bertz CT molecular complexity index is 1900. The summed E-state index contributed by atoms with van der Waals surface area (Å²) in [7, 11) is 2.17. The van der Waals surface area contributed by atoms with E-state index in [9.17, 15) is 39.0 Å². The highest BCUT2D eigenvalue weighted by atomic mass is 16.5. The van der Waals surface area contributed by atoms with Crippen molar-refractivity contribution in [2.75, 3.05) is 14.2 Å². The first-order valence-corrected chi connectivity index (χ1v) is 13.4. The Balaban J connectivity index is 1.69. The quantitative estimate of drug-likeness (QED) is 0.173. The Morgan fingerprint density at radius 2 is 1.02 bits per heavy atom. The van der Waals surface area contributed by atoms with Gasteiger partial charge >= 0.3 is 11.9 Å². The summed E-state index contributed by atoms with van der Waals surface area (Å²) < 4.78 is 9.50. The zero-order valence-electron chi connectivity index (χ0n) is 23.5. The molecule has 1 aliphatic carbocycles. The number of aliphatic hydroxyl groups is 2. The molecule has 2 aromatic heterocycles. The smallest absolute Gasteiger partial charge is 0.306 e. The second-order valence-corrected chi connectivity index (χ2v) is 10.1. The molecule has 0 bridgehead atoms. The number of nitrogens with one attached hydrogen (secondary N) is 2. The summed E-state index contributed by atoms with van der Waals surface area (Å²) in [6, 6.07) is 16.2. The largest absolute Gasteiger partial charge is 0.504 e. The van der Waals surface area contributed by atoms with Crippen molar-refractivity contribution in [2.45, 2.75) is 24.7 Å². The van der Waals surface area contributed by atoms with Gasteiger partial charge in [0.15, 0.2) is 11.5 Å². The number of aliphatic hydroxyl groups excluding tert-OH is 2. The van der Waals surface area contributed by atoms with Crippen molar-refractivity contribution in [2.24, 2.45) is 0 Å². The van der Waals surface area contributed by atoms with E-state index in [0.29, 0.717) is 21.8 Å². The molecule has 12 nitrogen and oxygen atoms in total. The second kappa shape index (κ2) is 11.8. The minimum Gasteiger partial charge on any atom is -0.504 e. The molecule has 0 fully saturated rings. The highest BCUT2D eigenvalue weighted by molar-refractivity contribution is 6.24. The van der Waals surface area contributed by atoms with Crippen LogP contribution in [0, 0.1) is 0 Å². The summed E-state index contributed by atoms with van der Waals surface area (Å²) in [6.45, 7) is 0. The van der Waals surface area contributed by atoms with E-state index in [2.05, 4.69) is 9.97 Å². The van der Waals surface area contributed by atoms with Gasteiger partial charge in [0, 0.05) is 34.0 Å². The molecule has 1 aliphatic rings. The molecule has 0 saturated heterocycles. The summed E-state index contributed by atoms with van der Waals surface area (Å²) in [5.41, 5.74) is -2.23. The van der Waals surface area contributed by atoms with E-state index >= 15 is 0 Å². The Labute approximate surface area is 248 Å². The Morgan fingerprint density at radius 1 is 0.659 bits per heavy atom. The predicted octanol–water partition coefficient (Wildman–Crippen LogP) is 3.14. The van der Waals surface area contributed by atoms with Crippen LogP contribution in [0.25, 0.3) is 21.8 Å². The number of fused-ring (bicyclic) bond motifs is 2. The molecule has 0 unspecified atom stereocenters. The number of ether oxygens (including phenoxy) is 2. The second-order valence-electron chi connectivity index (χ2n) is 10.1. The lowest BCUT2D eigenvalue weighted by molar-refractivity contribution is -0.142. The number of ketones is 2. The molecule has 0 spiro atoms. The number of carbonyl (C=O) groups is 4. The third kappa shape index (κ3) is 5.28. The van der Waals surface area contributed by atoms with Crippen molar-refractivity contribution in [1.82, 2.24) is 9.97 Å². The summed E-state index contributed by atoms with van der Waals surface area (Å²) in [5, 5.41) is 23.5. The van der Waals surface area contributed by atoms with E-state index in [1.807, 2.05) is 0 Å². The van der Waals surface area contributed by atoms with E-state index in [1.165, 1.54) is 12.1 Å². The normalized spacial score (nSPS) is 15.0. The number of allylic oxidation sites excluding steroid dienone is 2. The van der Waals surface area contributed by atoms with Crippen LogP contribution in [0.4, 0.5) is 0 Å². The number of aromatic nitrogens is 2. The number of rotatable bonds is 8. The SMILES string of the molecule is COC(=O)C[C@H](C1=C(O)C(=O)C([C@H](CC(=O)OC)c2cc3ccccc3[nH]c2=O)=C(O)C1=O)c1cc2ccccc2[nH]c1=O. The number of H-pyrrole nitrogens is 2. The maximum atomic E-state index is 13.8. The molecule has 5 rings (SSSR count). The first kappa shape index (κ1) is 29.7. The van der Waals surface area contributed by atoms with Crippen molar-refractivity contribution >= 4 is 45.3 Å². The summed E-state index contributed by atoms with van der Waals surface area (Å²) >= 11 is 0. The van der Waals surface area contributed by atoms with Gasteiger partial charge in [-0.2, -0.15) is 0 Å². The van der Waals surface area contributed by atoms with Gasteiger partial charge in [-0.25, -0.2) is 0 Å². The molecule has 4 aromatic rings. The van der Waals surface area contributed by atoms with Gasteiger partial charge in [0.1, 0.15) is 0 Å². The minimum absolute atomic E-state index is 0.148.